The van der Waals surface area contributed by atoms with E-state index in [1.807, 2.05) is 13.8 Å². The highest BCUT2D eigenvalue weighted by atomic mass is 16.4. The molecule has 6 nitrogen and oxygen atoms in total. The van der Waals surface area contributed by atoms with E-state index in [4.69, 9.17) is 4.42 Å². The van der Waals surface area contributed by atoms with Crippen LogP contribution in [0, 0.1) is 0 Å². The molecule has 0 bridgehead atoms. The van der Waals surface area contributed by atoms with Gasteiger partial charge in [0.2, 0.25) is 0 Å². The van der Waals surface area contributed by atoms with Gasteiger partial charge in [0.15, 0.2) is 5.58 Å². The Bertz CT molecular complexity index is 597. The van der Waals surface area contributed by atoms with Crippen LogP contribution in [0.15, 0.2) is 27.4 Å². The van der Waals surface area contributed by atoms with E-state index in [0.29, 0.717) is 16.8 Å². The van der Waals surface area contributed by atoms with Crippen LogP contribution in [0.1, 0.15) is 13.8 Å². The monoisotopic (exact) mass is 235 g/mol. The minimum absolute atomic E-state index is 0.0625. The minimum atomic E-state index is -0.510. The maximum absolute atomic E-state index is 11.4. The summed E-state index contributed by atoms with van der Waals surface area (Å²) in [4.78, 5) is 24.9. The van der Waals surface area contributed by atoms with Gasteiger partial charge in [-0.05, 0) is 32.0 Å². The SMILES string of the molecule is CC(C)NC(=O)Nc1ccc2oc(=O)[nH]c2c1. The number of hydrogen-bond donors (Lipinski definition) is 3. The molecule has 1 heterocycles. The van der Waals surface area contributed by atoms with E-state index in [9.17, 15) is 9.59 Å². The Balaban J connectivity index is 2.19. The van der Waals surface area contributed by atoms with Crippen molar-refractivity contribution in [2.24, 2.45) is 0 Å². The molecule has 17 heavy (non-hydrogen) atoms. The molecular formula is C11H13N3O3. The number of oxazole rings is 1. The highest BCUT2D eigenvalue weighted by molar-refractivity contribution is 5.91. The standard InChI is InChI=1S/C11H13N3O3/c1-6(2)12-10(15)13-7-3-4-9-8(5-7)14-11(16)17-9/h3-6H,1-2H3,(H,14,16)(H2,12,13,15). The average Bonchev–Trinajstić information content (AvgIpc) is 2.55. The number of urea groups is 1. The molecule has 2 aromatic rings. The van der Waals surface area contributed by atoms with E-state index in [1.54, 1.807) is 18.2 Å². The zero-order chi connectivity index (χ0) is 12.4. The molecular weight excluding hydrogens is 222 g/mol. The second-order valence-corrected chi connectivity index (χ2v) is 3.98. The van der Waals surface area contributed by atoms with Crippen LogP contribution >= 0.6 is 0 Å². The molecule has 0 aliphatic heterocycles. The van der Waals surface area contributed by atoms with Crippen LogP contribution in [0.2, 0.25) is 0 Å². The number of H-pyrrole nitrogens is 1. The van der Waals surface area contributed by atoms with E-state index in [0.717, 1.165) is 0 Å². The summed E-state index contributed by atoms with van der Waals surface area (Å²) in [6, 6.07) is 4.70. The van der Waals surface area contributed by atoms with Crippen molar-refractivity contribution in [3.63, 3.8) is 0 Å². The fourth-order valence-electron chi connectivity index (χ4n) is 1.46. The van der Waals surface area contributed by atoms with Crippen LogP contribution in [-0.2, 0) is 0 Å². The van der Waals surface area contributed by atoms with Gasteiger partial charge in [-0.2, -0.15) is 0 Å². The quantitative estimate of drug-likeness (QED) is 0.739. The molecule has 0 aliphatic carbocycles. The predicted octanol–water partition coefficient (Wildman–Crippen LogP) is 1.65. The number of amides is 2. The molecule has 90 valence electrons. The molecule has 1 aromatic heterocycles. The summed E-state index contributed by atoms with van der Waals surface area (Å²) in [5.74, 6) is -0.510. The lowest BCUT2D eigenvalue weighted by atomic mass is 10.3. The molecule has 0 atom stereocenters. The number of anilines is 1. The summed E-state index contributed by atoms with van der Waals surface area (Å²) < 4.78 is 4.85. The van der Waals surface area contributed by atoms with Crippen LogP contribution in [-0.4, -0.2) is 17.1 Å². The van der Waals surface area contributed by atoms with Crippen molar-refractivity contribution < 1.29 is 9.21 Å². The fourth-order valence-corrected chi connectivity index (χ4v) is 1.46. The number of nitrogens with one attached hydrogen (secondary N) is 3. The molecule has 0 saturated carbocycles. The van der Waals surface area contributed by atoms with E-state index in [1.165, 1.54) is 0 Å². The van der Waals surface area contributed by atoms with Crippen molar-refractivity contribution in [1.29, 1.82) is 0 Å². The summed E-state index contributed by atoms with van der Waals surface area (Å²) in [5.41, 5.74) is 1.61. The Morgan fingerprint density at radius 2 is 2.18 bits per heavy atom. The highest BCUT2D eigenvalue weighted by Crippen LogP contribution is 2.15. The topological polar surface area (TPSA) is 87.1 Å². The molecule has 2 amide bonds. The van der Waals surface area contributed by atoms with E-state index in [2.05, 4.69) is 15.6 Å². The summed E-state index contributed by atoms with van der Waals surface area (Å²) >= 11 is 0. The lowest BCUT2D eigenvalue weighted by molar-refractivity contribution is 0.250. The Hall–Kier alpha value is -2.24. The second kappa shape index (κ2) is 4.32. The number of rotatable bonds is 2. The first-order chi connectivity index (χ1) is 8.04. The number of fused-ring (bicyclic) bond motifs is 1. The highest BCUT2D eigenvalue weighted by Gasteiger charge is 2.05. The lowest BCUT2D eigenvalue weighted by Crippen LogP contribution is -2.34. The zero-order valence-corrected chi connectivity index (χ0v) is 9.53. The number of aromatic amines is 1. The van der Waals surface area contributed by atoms with Crippen molar-refractivity contribution >= 4 is 22.8 Å². The third-order valence-corrected chi connectivity index (χ3v) is 2.10. The van der Waals surface area contributed by atoms with Gasteiger partial charge in [-0.25, -0.2) is 9.59 Å². The Kier molecular flexibility index (Phi) is 2.86. The van der Waals surface area contributed by atoms with Gasteiger partial charge in [0.25, 0.3) is 0 Å². The van der Waals surface area contributed by atoms with Crippen molar-refractivity contribution in [1.82, 2.24) is 10.3 Å². The molecule has 0 fully saturated rings. The summed E-state index contributed by atoms with van der Waals surface area (Å²) in [5, 5.41) is 5.36. The predicted molar refractivity (Wildman–Crippen MR) is 64.1 cm³/mol. The van der Waals surface area contributed by atoms with Gasteiger partial charge < -0.3 is 15.1 Å². The summed E-state index contributed by atoms with van der Waals surface area (Å²) in [6.07, 6.45) is 0. The third-order valence-electron chi connectivity index (χ3n) is 2.10. The Labute approximate surface area is 97.0 Å². The molecule has 0 unspecified atom stereocenters. The van der Waals surface area contributed by atoms with E-state index >= 15 is 0 Å². The van der Waals surface area contributed by atoms with Gasteiger partial charge in [-0.1, -0.05) is 0 Å². The number of hydrogen-bond acceptors (Lipinski definition) is 3. The van der Waals surface area contributed by atoms with Gasteiger partial charge in [0, 0.05) is 11.7 Å². The molecule has 1 aromatic carbocycles. The third kappa shape index (κ3) is 2.66. The molecule has 0 radical (unpaired) electrons. The second-order valence-electron chi connectivity index (χ2n) is 3.98. The largest absolute Gasteiger partial charge is 0.417 e. The summed E-state index contributed by atoms with van der Waals surface area (Å²) in [7, 11) is 0. The van der Waals surface area contributed by atoms with Crippen molar-refractivity contribution in [3.8, 4) is 0 Å². The molecule has 3 N–H and O–H groups in total. The van der Waals surface area contributed by atoms with Crippen molar-refractivity contribution in [2.75, 3.05) is 5.32 Å². The Morgan fingerprint density at radius 3 is 2.88 bits per heavy atom. The van der Waals surface area contributed by atoms with Gasteiger partial charge in [-0.3, -0.25) is 4.98 Å². The van der Waals surface area contributed by atoms with Gasteiger partial charge in [-0.15, -0.1) is 0 Å². The first kappa shape index (κ1) is 11.3. The van der Waals surface area contributed by atoms with Gasteiger partial charge in [0.05, 0.1) is 5.52 Å². The van der Waals surface area contributed by atoms with Crippen molar-refractivity contribution in [3.05, 3.63) is 28.7 Å². The first-order valence-corrected chi connectivity index (χ1v) is 5.25. The van der Waals surface area contributed by atoms with Crippen LogP contribution in [0.25, 0.3) is 11.1 Å². The minimum Gasteiger partial charge on any atom is -0.408 e. The van der Waals surface area contributed by atoms with Crippen LogP contribution in [0.3, 0.4) is 0 Å². The molecule has 0 spiro atoms. The number of carbonyl (C=O) groups is 1. The average molecular weight is 235 g/mol. The number of benzene rings is 1. The van der Waals surface area contributed by atoms with Crippen LogP contribution < -0.4 is 16.4 Å². The molecule has 0 saturated heterocycles. The van der Waals surface area contributed by atoms with Crippen LogP contribution in [0.4, 0.5) is 10.5 Å². The van der Waals surface area contributed by atoms with E-state index in [-0.39, 0.29) is 12.1 Å². The Morgan fingerprint density at radius 1 is 1.41 bits per heavy atom. The smallest absolute Gasteiger partial charge is 0.408 e. The number of carbonyl (C=O) groups excluding carboxylic acids is 1. The fraction of sp³-hybridized carbons (Fsp3) is 0.273. The summed E-state index contributed by atoms with van der Waals surface area (Å²) in [6.45, 7) is 3.74. The van der Waals surface area contributed by atoms with Gasteiger partial charge >= 0.3 is 11.8 Å². The van der Waals surface area contributed by atoms with Gasteiger partial charge in [0.1, 0.15) is 0 Å². The number of aromatic nitrogens is 1. The molecule has 6 heteroatoms. The zero-order valence-electron chi connectivity index (χ0n) is 9.53. The van der Waals surface area contributed by atoms with Crippen LogP contribution in [0.5, 0.6) is 0 Å². The maximum atomic E-state index is 11.4. The lowest BCUT2D eigenvalue weighted by Gasteiger charge is -2.09. The molecule has 2 rings (SSSR count). The first-order valence-electron chi connectivity index (χ1n) is 5.25. The molecule has 0 aliphatic rings. The normalized spacial score (nSPS) is 10.8. The maximum Gasteiger partial charge on any atom is 0.417 e. The van der Waals surface area contributed by atoms with E-state index < -0.39 is 5.76 Å². The van der Waals surface area contributed by atoms with Crippen molar-refractivity contribution in [2.45, 2.75) is 19.9 Å².